The first-order chi connectivity index (χ1) is 9.74. The summed E-state index contributed by atoms with van der Waals surface area (Å²) in [4.78, 5) is 14.7. The molecule has 0 radical (unpaired) electrons. The van der Waals surface area contributed by atoms with Crippen molar-refractivity contribution in [3.05, 3.63) is 82.1 Å². The number of aromatic amines is 1. The fourth-order valence-corrected chi connectivity index (χ4v) is 2.40. The average molecular weight is 282 g/mol. The number of pyridine rings is 1. The highest BCUT2D eigenvalue weighted by Gasteiger charge is 2.06. The molecule has 0 saturated carbocycles. The predicted octanol–water partition coefficient (Wildman–Crippen LogP) is 4.36. The molecule has 1 heterocycles. The maximum Gasteiger partial charge on any atom is 0.249 e. The summed E-state index contributed by atoms with van der Waals surface area (Å²) in [6, 6.07) is 20.8. The summed E-state index contributed by atoms with van der Waals surface area (Å²) in [5.41, 5.74) is 3.29. The second kappa shape index (κ2) is 5.35. The van der Waals surface area contributed by atoms with Crippen molar-refractivity contribution in [2.24, 2.45) is 0 Å². The lowest BCUT2D eigenvalue weighted by molar-refractivity contribution is 1.24. The Kier molecular flexibility index (Phi) is 3.40. The summed E-state index contributed by atoms with van der Waals surface area (Å²) in [5, 5.41) is 0.619. The number of benzene rings is 2. The van der Waals surface area contributed by atoms with E-state index in [0.29, 0.717) is 5.02 Å². The van der Waals surface area contributed by atoms with Crippen molar-refractivity contribution in [2.45, 2.75) is 0 Å². The maximum absolute atomic E-state index is 11.9. The van der Waals surface area contributed by atoms with Crippen LogP contribution in [-0.4, -0.2) is 4.98 Å². The molecule has 0 atom stereocenters. The van der Waals surface area contributed by atoms with E-state index in [0.717, 1.165) is 22.4 Å². The Morgan fingerprint density at radius 2 is 1.50 bits per heavy atom. The normalized spacial score (nSPS) is 10.4. The third kappa shape index (κ3) is 2.51. The van der Waals surface area contributed by atoms with E-state index in [-0.39, 0.29) is 5.56 Å². The Hall–Kier alpha value is -2.32. The molecule has 0 aliphatic rings. The van der Waals surface area contributed by atoms with Gasteiger partial charge in [-0.3, -0.25) is 4.79 Å². The zero-order chi connectivity index (χ0) is 13.9. The molecule has 3 aromatic rings. The van der Waals surface area contributed by atoms with Crippen LogP contribution in [0.3, 0.4) is 0 Å². The van der Waals surface area contributed by atoms with Crippen LogP contribution in [0.2, 0.25) is 5.02 Å². The number of nitrogens with one attached hydrogen (secondary N) is 1. The van der Waals surface area contributed by atoms with Gasteiger partial charge in [-0.2, -0.15) is 0 Å². The predicted molar refractivity (Wildman–Crippen MR) is 82.9 cm³/mol. The first kappa shape index (κ1) is 12.7. The second-order valence-electron chi connectivity index (χ2n) is 4.49. The van der Waals surface area contributed by atoms with Gasteiger partial charge in [0.1, 0.15) is 0 Å². The number of hydrogen-bond acceptors (Lipinski definition) is 1. The number of rotatable bonds is 2. The van der Waals surface area contributed by atoms with Crippen LogP contribution in [0.15, 0.2) is 71.5 Å². The van der Waals surface area contributed by atoms with Crippen molar-refractivity contribution in [3.63, 3.8) is 0 Å². The van der Waals surface area contributed by atoms with E-state index in [9.17, 15) is 4.79 Å². The standard InChI is InChI=1S/C17H12ClNO/c18-15-9-5-4-8-14(15)16-10-13(11-17(20)19-16)12-6-2-1-3-7-12/h1-11H,(H,19,20). The Bertz CT molecular complexity index is 793. The fourth-order valence-electron chi connectivity index (χ4n) is 2.17. The molecule has 1 N–H and O–H groups in total. The monoisotopic (exact) mass is 281 g/mol. The van der Waals surface area contributed by atoms with E-state index in [1.165, 1.54) is 0 Å². The molecular formula is C17H12ClNO. The molecule has 0 saturated heterocycles. The van der Waals surface area contributed by atoms with Gasteiger partial charge in [0, 0.05) is 16.7 Å². The molecule has 3 rings (SSSR count). The lowest BCUT2D eigenvalue weighted by Crippen LogP contribution is -2.05. The van der Waals surface area contributed by atoms with E-state index in [1.54, 1.807) is 6.07 Å². The number of aromatic nitrogens is 1. The molecule has 0 unspecified atom stereocenters. The second-order valence-corrected chi connectivity index (χ2v) is 4.90. The zero-order valence-corrected chi connectivity index (χ0v) is 11.4. The minimum Gasteiger partial charge on any atom is -0.322 e. The molecule has 98 valence electrons. The van der Waals surface area contributed by atoms with Crippen LogP contribution in [0.4, 0.5) is 0 Å². The fraction of sp³-hybridized carbons (Fsp3) is 0. The van der Waals surface area contributed by atoms with Crippen molar-refractivity contribution < 1.29 is 0 Å². The van der Waals surface area contributed by atoms with E-state index in [2.05, 4.69) is 4.98 Å². The lowest BCUT2D eigenvalue weighted by atomic mass is 10.0. The van der Waals surface area contributed by atoms with Gasteiger partial charge in [-0.05, 0) is 23.3 Å². The van der Waals surface area contributed by atoms with Crippen LogP contribution in [0, 0.1) is 0 Å². The Morgan fingerprint density at radius 1 is 0.800 bits per heavy atom. The van der Waals surface area contributed by atoms with Gasteiger partial charge in [-0.25, -0.2) is 0 Å². The first-order valence-electron chi connectivity index (χ1n) is 6.29. The third-order valence-corrected chi connectivity index (χ3v) is 3.45. The molecule has 20 heavy (non-hydrogen) atoms. The topological polar surface area (TPSA) is 32.9 Å². The molecule has 0 fully saturated rings. The van der Waals surface area contributed by atoms with Gasteiger partial charge in [0.15, 0.2) is 0 Å². The molecule has 3 heteroatoms. The van der Waals surface area contributed by atoms with Crippen molar-refractivity contribution in [2.75, 3.05) is 0 Å². The van der Waals surface area contributed by atoms with Crippen molar-refractivity contribution in [3.8, 4) is 22.4 Å². The minimum absolute atomic E-state index is 0.138. The molecule has 0 aliphatic heterocycles. The highest BCUT2D eigenvalue weighted by Crippen LogP contribution is 2.28. The molecule has 0 spiro atoms. The van der Waals surface area contributed by atoms with E-state index < -0.39 is 0 Å². The molecular weight excluding hydrogens is 270 g/mol. The summed E-state index contributed by atoms with van der Waals surface area (Å²) < 4.78 is 0. The average Bonchev–Trinajstić information content (AvgIpc) is 2.48. The Labute approximate surface area is 121 Å². The molecule has 0 amide bonds. The molecule has 0 bridgehead atoms. The SMILES string of the molecule is O=c1cc(-c2ccccc2)cc(-c2ccccc2Cl)[nH]1. The Balaban J connectivity index is 2.18. The van der Waals surface area contributed by atoms with E-state index in [4.69, 9.17) is 11.6 Å². The zero-order valence-electron chi connectivity index (χ0n) is 10.6. The largest absolute Gasteiger partial charge is 0.322 e. The lowest BCUT2D eigenvalue weighted by Gasteiger charge is -2.07. The van der Waals surface area contributed by atoms with Gasteiger partial charge in [-0.1, -0.05) is 60.1 Å². The number of H-pyrrole nitrogens is 1. The smallest absolute Gasteiger partial charge is 0.249 e. The third-order valence-electron chi connectivity index (χ3n) is 3.12. The number of halogens is 1. The van der Waals surface area contributed by atoms with Crippen LogP contribution in [-0.2, 0) is 0 Å². The molecule has 0 aliphatic carbocycles. The van der Waals surface area contributed by atoms with Crippen molar-refractivity contribution in [1.29, 1.82) is 0 Å². The summed E-state index contributed by atoms with van der Waals surface area (Å²) in [7, 11) is 0. The summed E-state index contributed by atoms with van der Waals surface area (Å²) in [6.45, 7) is 0. The molecule has 1 aromatic heterocycles. The van der Waals surface area contributed by atoms with Crippen molar-refractivity contribution in [1.82, 2.24) is 4.98 Å². The van der Waals surface area contributed by atoms with Gasteiger partial charge in [0.05, 0.1) is 5.69 Å². The van der Waals surface area contributed by atoms with Crippen LogP contribution < -0.4 is 5.56 Å². The maximum atomic E-state index is 11.9. The van der Waals surface area contributed by atoms with Crippen molar-refractivity contribution >= 4 is 11.6 Å². The summed E-state index contributed by atoms with van der Waals surface area (Å²) in [6.07, 6.45) is 0. The number of hydrogen-bond donors (Lipinski definition) is 1. The summed E-state index contributed by atoms with van der Waals surface area (Å²) in [5.74, 6) is 0. The van der Waals surface area contributed by atoms with Gasteiger partial charge in [-0.15, -0.1) is 0 Å². The van der Waals surface area contributed by atoms with Crippen LogP contribution in [0.1, 0.15) is 0 Å². The quantitative estimate of drug-likeness (QED) is 0.744. The first-order valence-corrected chi connectivity index (χ1v) is 6.66. The van der Waals surface area contributed by atoms with Gasteiger partial charge >= 0.3 is 0 Å². The van der Waals surface area contributed by atoms with E-state index in [1.807, 2.05) is 60.7 Å². The van der Waals surface area contributed by atoms with Gasteiger partial charge < -0.3 is 4.98 Å². The summed E-state index contributed by atoms with van der Waals surface area (Å²) >= 11 is 6.19. The molecule has 2 nitrogen and oxygen atoms in total. The van der Waals surface area contributed by atoms with Gasteiger partial charge in [0.25, 0.3) is 0 Å². The van der Waals surface area contributed by atoms with Gasteiger partial charge in [0.2, 0.25) is 5.56 Å². The molecule has 2 aromatic carbocycles. The highest BCUT2D eigenvalue weighted by molar-refractivity contribution is 6.33. The minimum atomic E-state index is -0.138. The van der Waals surface area contributed by atoms with Crippen LogP contribution in [0.5, 0.6) is 0 Å². The van der Waals surface area contributed by atoms with Crippen LogP contribution in [0.25, 0.3) is 22.4 Å². The van der Waals surface area contributed by atoms with Crippen LogP contribution >= 0.6 is 11.6 Å². The Morgan fingerprint density at radius 3 is 2.25 bits per heavy atom. The highest BCUT2D eigenvalue weighted by atomic mass is 35.5. The van der Waals surface area contributed by atoms with E-state index >= 15 is 0 Å².